The SMILES string of the molecule is CCCC(=O)N(CCC(=C=O)N1CCC(c2ccc(OC)cc2NC(=O)c2ccccc2)CC1)c1ccc(F)cc1F. The van der Waals surface area contributed by atoms with E-state index in [1.165, 1.54) is 11.0 Å². The van der Waals surface area contributed by atoms with E-state index in [1.54, 1.807) is 19.2 Å². The Hall–Kier alpha value is -4.49. The quantitative estimate of drug-likeness (QED) is 0.270. The summed E-state index contributed by atoms with van der Waals surface area (Å²) in [7, 11) is 1.57. The number of nitrogens with zero attached hydrogens (tertiary/aromatic N) is 2. The van der Waals surface area contributed by atoms with Crippen molar-refractivity contribution in [2.75, 3.05) is 37.0 Å². The minimum atomic E-state index is -0.827. The van der Waals surface area contributed by atoms with E-state index in [0.717, 1.165) is 30.5 Å². The first-order chi connectivity index (χ1) is 20.3. The molecule has 1 fully saturated rings. The molecule has 1 heterocycles. The number of hydrogen-bond acceptors (Lipinski definition) is 5. The van der Waals surface area contributed by atoms with Gasteiger partial charge >= 0.3 is 0 Å². The topological polar surface area (TPSA) is 79.0 Å². The van der Waals surface area contributed by atoms with Crippen LogP contribution in [0.15, 0.2) is 72.4 Å². The maximum Gasteiger partial charge on any atom is 0.255 e. The molecule has 4 rings (SSSR count). The fraction of sp³-hybridized carbons (Fsp3) is 0.333. The predicted octanol–water partition coefficient (Wildman–Crippen LogP) is 6.34. The summed E-state index contributed by atoms with van der Waals surface area (Å²) in [6.07, 6.45) is 2.39. The molecule has 1 N–H and O–H groups in total. The molecule has 0 radical (unpaired) electrons. The zero-order valence-corrected chi connectivity index (χ0v) is 23.9. The summed E-state index contributed by atoms with van der Waals surface area (Å²) in [6, 6.07) is 17.7. The zero-order valence-electron chi connectivity index (χ0n) is 23.9. The Labute approximate surface area is 244 Å². The molecule has 220 valence electrons. The van der Waals surface area contributed by atoms with E-state index in [9.17, 15) is 23.2 Å². The van der Waals surface area contributed by atoms with Crippen molar-refractivity contribution < 1.29 is 27.9 Å². The Bertz CT molecular complexity index is 1450. The summed E-state index contributed by atoms with van der Waals surface area (Å²) in [6.45, 7) is 3.06. The van der Waals surface area contributed by atoms with Gasteiger partial charge in [0.2, 0.25) is 5.91 Å². The Morgan fingerprint density at radius 1 is 1.02 bits per heavy atom. The highest BCUT2D eigenvalue weighted by atomic mass is 19.1. The van der Waals surface area contributed by atoms with Gasteiger partial charge < -0.3 is 19.9 Å². The number of piperidine rings is 1. The third kappa shape index (κ3) is 7.42. The minimum absolute atomic E-state index is 0.0107. The fourth-order valence-corrected chi connectivity index (χ4v) is 5.29. The number of anilines is 2. The van der Waals surface area contributed by atoms with Crippen molar-refractivity contribution in [3.8, 4) is 5.75 Å². The molecule has 0 unspecified atom stereocenters. The van der Waals surface area contributed by atoms with Gasteiger partial charge in [-0.2, -0.15) is 0 Å². The second-order valence-electron chi connectivity index (χ2n) is 10.2. The van der Waals surface area contributed by atoms with Gasteiger partial charge in [0.15, 0.2) is 0 Å². The van der Waals surface area contributed by atoms with E-state index in [1.807, 2.05) is 54.2 Å². The van der Waals surface area contributed by atoms with Crippen LogP contribution in [-0.4, -0.2) is 49.4 Å². The lowest BCUT2D eigenvalue weighted by Gasteiger charge is -2.35. The van der Waals surface area contributed by atoms with E-state index in [-0.39, 0.29) is 42.8 Å². The van der Waals surface area contributed by atoms with Crippen molar-refractivity contribution in [3.63, 3.8) is 0 Å². The van der Waals surface area contributed by atoms with Crippen LogP contribution in [0.2, 0.25) is 0 Å². The van der Waals surface area contributed by atoms with Crippen molar-refractivity contribution in [2.45, 2.75) is 44.9 Å². The summed E-state index contributed by atoms with van der Waals surface area (Å²) in [4.78, 5) is 40.9. The van der Waals surface area contributed by atoms with E-state index < -0.39 is 11.6 Å². The molecule has 0 bridgehead atoms. The molecular formula is C33H35F2N3O4. The summed E-state index contributed by atoms with van der Waals surface area (Å²) in [5, 5.41) is 3.03. The first-order valence-electron chi connectivity index (χ1n) is 14.1. The molecule has 1 saturated heterocycles. The molecule has 1 aliphatic rings. The van der Waals surface area contributed by atoms with Crippen LogP contribution in [0.4, 0.5) is 20.2 Å². The smallest absolute Gasteiger partial charge is 0.255 e. The third-order valence-electron chi connectivity index (χ3n) is 7.52. The number of benzene rings is 3. The number of rotatable bonds is 11. The van der Waals surface area contributed by atoms with Gasteiger partial charge in [-0.15, -0.1) is 0 Å². The van der Waals surface area contributed by atoms with Gasteiger partial charge in [-0.3, -0.25) is 9.59 Å². The lowest BCUT2D eigenvalue weighted by Crippen LogP contribution is -2.37. The van der Waals surface area contributed by atoms with Crippen LogP contribution in [0.1, 0.15) is 60.9 Å². The Kier molecular flexibility index (Phi) is 10.5. The Morgan fingerprint density at radius 3 is 2.40 bits per heavy atom. The fourth-order valence-electron chi connectivity index (χ4n) is 5.29. The molecule has 3 aromatic carbocycles. The van der Waals surface area contributed by atoms with Crippen molar-refractivity contribution in [1.29, 1.82) is 0 Å². The number of nitrogens with one attached hydrogen (secondary N) is 1. The molecule has 3 aromatic rings. The highest BCUT2D eigenvalue weighted by molar-refractivity contribution is 6.04. The number of amides is 2. The number of likely N-dealkylation sites (tertiary alicyclic amines) is 1. The molecule has 0 spiro atoms. The highest BCUT2D eigenvalue weighted by Crippen LogP contribution is 2.36. The van der Waals surface area contributed by atoms with Crippen molar-refractivity contribution in [3.05, 3.63) is 95.2 Å². The van der Waals surface area contributed by atoms with Gasteiger partial charge in [0, 0.05) is 55.9 Å². The maximum absolute atomic E-state index is 14.6. The molecule has 42 heavy (non-hydrogen) atoms. The summed E-state index contributed by atoms with van der Waals surface area (Å²) in [5.74, 6) is 0.720. The molecule has 0 aromatic heterocycles. The van der Waals surface area contributed by atoms with E-state index in [4.69, 9.17) is 4.74 Å². The first kappa shape index (κ1) is 30.5. The van der Waals surface area contributed by atoms with Gasteiger partial charge in [-0.25, -0.2) is 13.6 Å². The number of hydrogen-bond donors (Lipinski definition) is 1. The molecule has 0 saturated carbocycles. The number of ether oxygens (including phenoxy) is 1. The zero-order chi connectivity index (χ0) is 30.1. The van der Waals surface area contributed by atoms with Crippen LogP contribution in [0.25, 0.3) is 0 Å². The molecule has 1 aliphatic heterocycles. The van der Waals surface area contributed by atoms with Gasteiger partial charge in [-0.05, 0) is 61.1 Å². The van der Waals surface area contributed by atoms with Crippen LogP contribution in [-0.2, 0) is 9.59 Å². The van der Waals surface area contributed by atoms with Crippen LogP contribution in [0.5, 0.6) is 5.75 Å². The normalized spacial score (nSPS) is 13.3. The van der Waals surface area contributed by atoms with Gasteiger partial charge in [-0.1, -0.05) is 31.2 Å². The molecule has 7 nitrogen and oxygen atoms in total. The van der Waals surface area contributed by atoms with E-state index in [2.05, 4.69) is 5.32 Å². The number of carbonyl (C=O) groups is 2. The van der Waals surface area contributed by atoms with Crippen LogP contribution in [0.3, 0.4) is 0 Å². The average Bonchev–Trinajstić information content (AvgIpc) is 3.00. The molecule has 9 heteroatoms. The lowest BCUT2D eigenvalue weighted by molar-refractivity contribution is -0.118. The second-order valence-corrected chi connectivity index (χ2v) is 10.2. The van der Waals surface area contributed by atoms with Crippen LogP contribution >= 0.6 is 0 Å². The molecule has 2 amide bonds. The molecule has 0 atom stereocenters. The van der Waals surface area contributed by atoms with Crippen molar-refractivity contribution in [2.24, 2.45) is 0 Å². The van der Waals surface area contributed by atoms with E-state index in [0.29, 0.717) is 42.2 Å². The van der Waals surface area contributed by atoms with Gasteiger partial charge in [0.05, 0.1) is 12.8 Å². The first-order valence-corrected chi connectivity index (χ1v) is 14.1. The molecule has 0 aliphatic carbocycles. The van der Waals surface area contributed by atoms with E-state index >= 15 is 0 Å². The summed E-state index contributed by atoms with van der Waals surface area (Å²) >= 11 is 0. The number of halogens is 2. The average molecular weight is 576 g/mol. The maximum atomic E-state index is 14.6. The monoisotopic (exact) mass is 575 g/mol. The highest BCUT2D eigenvalue weighted by Gasteiger charge is 2.27. The van der Waals surface area contributed by atoms with Gasteiger partial charge in [0.1, 0.15) is 29.0 Å². The standard InChI is InChI=1S/C33H35F2N3O4/c1-3-7-32(40)38(31-13-10-25(34)20-29(31)35)19-16-26(22-39)37-17-14-23(15-18-37)28-12-11-27(42-2)21-30(28)36-33(41)24-8-5-4-6-9-24/h4-6,8-13,20-21,23H,3,7,14-19H2,1-2H3,(H,36,41). The van der Waals surface area contributed by atoms with Crippen LogP contribution in [0, 0.1) is 11.6 Å². The summed E-state index contributed by atoms with van der Waals surface area (Å²) in [5.41, 5.74) is 2.61. The Balaban J connectivity index is 1.44. The number of carbonyl (C=O) groups excluding carboxylic acids is 3. The van der Waals surface area contributed by atoms with Crippen molar-refractivity contribution in [1.82, 2.24) is 4.90 Å². The second kappa shape index (κ2) is 14.4. The summed E-state index contributed by atoms with van der Waals surface area (Å²) < 4.78 is 33.5. The Morgan fingerprint density at radius 2 is 1.76 bits per heavy atom. The minimum Gasteiger partial charge on any atom is -0.497 e. The lowest BCUT2D eigenvalue weighted by atomic mass is 9.87. The third-order valence-corrected chi connectivity index (χ3v) is 7.52. The molecular weight excluding hydrogens is 540 g/mol. The van der Waals surface area contributed by atoms with Crippen LogP contribution < -0.4 is 15.0 Å². The van der Waals surface area contributed by atoms with Gasteiger partial charge in [0.25, 0.3) is 5.91 Å². The van der Waals surface area contributed by atoms with Crippen molar-refractivity contribution >= 4 is 29.1 Å². The number of methoxy groups -OCH3 is 1. The predicted molar refractivity (Wildman–Crippen MR) is 158 cm³/mol. The largest absolute Gasteiger partial charge is 0.497 e.